The minimum atomic E-state index is -0.521. The lowest BCUT2D eigenvalue weighted by Crippen LogP contribution is -2.37. The number of amides is 1. The molecule has 2 aliphatic rings. The van der Waals surface area contributed by atoms with Crippen molar-refractivity contribution in [1.82, 2.24) is 15.3 Å². The van der Waals surface area contributed by atoms with Gasteiger partial charge in [0.05, 0.1) is 25.8 Å². The van der Waals surface area contributed by atoms with Gasteiger partial charge in [0.2, 0.25) is 5.95 Å². The van der Waals surface area contributed by atoms with E-state index >= 15 is 0 Å². The van der Waals surface area contributed by atoms with Gasteiger partial charge in [-0.1, -0.05) is 12.1 Å². The van der Waals surface area contributed by atoms with Crippen LogP contribution >= 0.6 is 0 Å². The molecule has 2 aliphatic heterocycles. The fourth-order valence-electron chi connectivity index (χ4n) is 4.06. The molecule has 3 heterocycles. The summed E-state index contributed by atoms with van der Waals surface area (Å²) in [5.74, 6) is 2.51. The van der Waals surface area contributed by atoms with Crippen molar-refractivity contribution in [3.05, 3.63) is 42.1 Å². The zero-order chi connectivity index (χ0) is 24.1. The summed E-state index contributed by atoms with van der Waals surface area (Å²) in [4.78, 5) is 25.7. The van der Waals surface area contributed by atoms with Crippen LogP contribution in [0.25, 0.3) is 0 Å². The number of alkyl carbamates (subject to hydrolysis) is 1. The number of carbonyl (C=O) groups excluding carboxylic acids is 1. The van der Waals surface area contributed by atoms with Crippen LogP contribution in [-0.2, 0) is 9.47 Å². The Bertz CT molecular complexity index is 957. The number of aromatic nitrogens is 2. The lowest BCUT2D eigenvalue weighted by atomic mass is 10.1. The van der Waals surface area contributed by atoms with Crippen molar-refractivity contribution in [1.29, 1.82) is 0 Å². The summed E-state index contributed by atoms with van der Waals surface area (Å²) >= 11 is 0. The summed E-state index contributed by atoms with van der Waals surface area (Å²) in [6.45, 7) is 12.2. The molecule has 0 aliphatic carbocycles. The lowest BCUT2D eigenvalue weighted by Gasteiger charge is -2.27. The molecule has 1 amide bonds. The van der Waals surface area contributed by atoms with E-state index in [1.165, 1.54) is 0 Å². The Morgan fingerprint density at radius 3 is 2.56 bits per heavy atom. The molecule has 9 nitrogen and oxygen atoms in total. The average Bonchev–Trinajstić information content (AvgIpc) is 3.27. The number of hydrogen-bond acceptors (Lipinski definition) is 8. The van der Waals surface area contributed by atoms with Crippen molar-refractivity contribution < 1.29 is 19.0 Å². The summed E-state index contributed by atoms with van der Waals surface area (Å²) in [6, 6.07) is 9.65. The molecule has 0 unspecified atom stereocenters. The van der Waals surface area contributed by atoms with Crippen LogP contribution in [0.1, 0.15) is 45.7 Å². The van der Waals surface area contributed by atoms with E-state index < -0.39 is 11.7 Å². The van der Waals surface area contributed by atoms with Gasteiger partial charge in [-0.3, -0.25) is 0 Å². The highest BCUT2D eigenvalue weighted by atomic mass is 16.6. The summed E-state index contributed by atoms with van der Waals surface area (Å²) < 4.78 is 17.0. The fraction of sp³-hybridized carbons (Fsp3) is 0.560. The first-order valence-electron chi connectivity index (χ1n) is 11.9. The molecule has 34 heavy (non-hydrogen) atoms. The van der Waals surface area contributed by atoms with Gasteiger partial charge in [-0.2, -0.15) is 4.98 Å². The molecule has 0 saturated carbocycles. The Kier molecular flexibility index (Phi) is 7.41. The van der Waals surface area contributed by atoms with Crippen LogP contribution in [0.15, 0.2) is 36.5 Å². The van der Waals surface area contributed by atoms with Gasteiger partial charge in [0, 0.05) is 32.3 Å². The second-order valence-electron chi connectivity index (χ2n) is 9.73. The van der Waals surface area contributed by atoms with Gasteiger partial charge in [0.15, 0.2) is 0 Å². The van der Waals surface area contributed by atoms with E-state index in [4.69, 9.17) is 19.2 Å². The highest BCUT2D eigenvalue weighted by Gasteiger charge is 2.26. The highest BCUT2D eigenvalue weighted by molar-refractivity contribution is 5.68. The SMILES string of the molecule is C[C@H](NC(=O)OC(C)(C)C)c1ccc(O[C@@H]2CCN(c3ccnc(N4CCOCC4)n3)C2)cc1. The maximum absolute atomic E-state index is 12.0. The molecule has 0 spiro atoms. The molecule has 9 heteroatoms. The van der Waals surface area contributed by atoms with Crippen LogP contribution in [0.5, 0.6) is 5.75 Å². The molecular weight excluding hydrogens is 434 g/mol. The van der Waals surface area contributed by atoms with Crippen molar-refractivity contribution in [2.45, 2.75) is 51.9 Å². The van der Waals surface area contributed by atoms with Gasteiger partial charge >= 0.3 is 6.09 Å². The van der Waals surface area contributed by atoms with Crippen LogP contribution in [0.3, 0.4) is 0 Å². The van der Waals surface area contributed by atoms with Gasteiger partial charge in [-0.25, -0.2) is 9.78 Å². The molecule has 184 valence electrons. The Hall–Kier alpha value is -3.07. The number of carbonyl (C=O) groups is 1. The Balaban J connectivity index is 1.29. The van der Waals surface area contributed by atoms with Crippen LogP contribution in [0.2, 0.25) is 0 Å². The second-order valence-corrected chi connectivity index (χ2v) is 9.73. The summed E-state index contributed by atoms with van der Waals surface area (Å²) in [7, 11) is 0. The Morgan fingerprint density at radius 1 is 1.12 bits per heavy atom. The highest BCUT2D eigenvalue weighted by Crippen LogP contribution is 2.25. The molecule has 2 aromatic rings. The molecule has 0 bridgehead atoms. The van der Waals surface area contributed by atoms with Crippen molar-refractivity contribution in [3.8, 4) is 5.75 Å². The number of nitrogens with zero attached hydrogens (tertiary/aromatic N) is 4. The van der Waals surface area contributed by atoms with Crippen molar-refractivity contribution in [2.75, 3.05) is 49.2 Å². The van der Waals surface area contributed by atoms with Crippen LogP contribution in [0.4, 0.5) is 16.6 Å². The normalized spacial score (nSPS) is 19.6. The minimum Gasteiger partial charge on any atom is -0.489 e. The third-order valence-corrected chi connectivity index (χ3v) is 5.81. The van der Waals surface area contributed by atoms with Crippen LogP contribution < -0.4 is 19.9 Å². The molecule has 1 aromatic heterocycles. The molecule has 1 N–H and O–H groups in total. The fourth-order valence-corrected chi connectivity index (χ4v) is 4.06. The summed E-state index contributed by atoms with van der Waals surface area (Å²) in [5.41, 5.74) is 0.467. The van der Waals surface area contributed by atoms with Crippen molar-refractivity contribution >= 4 is 17.9 Å². The Morgan fingerprint density at radius 2 is 1.85 bits per heavy atom. The molecule has 2 fully saturated rings. The number of nitrogens with one attached hydrogen (secondary N) is 1. The zero-order valence-electron chi connectivity index (χ0n) is 20.5. The Labute approximate surface area is 201 Å². The van der Waals surface area contributed by atoms with E-state index in [9.17, 15) is 4.79 Å². The first kappa shape index (κ1) is 24.1. The second kappa shape index (κ2) is 10.5. The standard InChI is InChI=1S/C25H35N5O4/c1-18(27-24(31)34-25(2,3)4)19-5-7-20(8-6-19)33-21-10-12-30(17-21)22-9-11-26-23(28-22)29-13-15-32-16-14-29/h5-9,11,18,21H,10,12-17H2,1-4H3,(H,27,31)/t18-,21+/m0/s1. The molecular formula is C25H35N5O4. The van der Waals surface area contributed by atoms with E-state index in [2.05, 4.69) is 20.1 Å². The zero-order valence-corrected chi connectivity index (χ0v) is 20.5. The van der Waals surface area contributed by atoms with Gasteiger partial charge < -0.3 is 29.3 Å². The minimum absolute atomic E-state index is 0.0879. The monoisotopic (exact) mass is 469 g/mol. The number of hydrogen-bond donors (Lipinski definition) is 1. The molecule has 2 atom stereocenters. The van der Waals surface area contributed by atoms with E-state index in [1.54, 1.807) is 0 Å². The van der Waals surface area contributed by atoms with E-state index in [1.807, 2.05) is 64.2 Å². The molecule has 1 aromatic carbocycles. The predicted octanol–water partition coefficient (Wildman–Crippen LogP) is 3.56. The summed E-state index contributed by atoms with van der Waals surface area (Å²) in [5, 5.41) is 2.87. The van der Waals surface area contributed by atoms with Crippen LogP contribution in [0, 0.1) is 0 Å². The number of anilines is 2. The largest absolute Gasteiger partial charge is 0.489 e. The van der Waals surface area contributed by atoms with Crippen molar-refractivity contribution in [3.63, 3.8) is 0 Å². The lowest BCUT2D eigenvalue weighted by molar-refractivity contribution is 0.0508. The maximum atomic E-state index is 12.0. The number of rotatable bonds is 6. The number of ether oxygens (including phenoxy) is 3. The van der Waals surface area contributed by atoms with Gasteiger partial charge in [0.1, 0.15) is 23.3 Å². The van der Waals surface area contributed by atoms with Gasteiger partial charge in [0.25, 0.3) is 0 Å². The average molecular weight is 470 g/mol. The van der Waals surface area contributed by atoms with E-state index in [0.717, 1.165) is 55.7 Å². The van der Waals surface area contributed by atoms with Crippen LogP contribution in [-0.4, -0.2) is 67.2 Å². The topological polar surface area (TPSA) is 89.1 Å². The van der Waals surface area contributed by atoms with Crippen molar-refractivity contribution in [2.24, 2.45) is 0 Å². The van der Waals surface area contributed by atoms with Gasteiger partial charge in [-0.05, 0) is 51.5 Å². The predicted molar refractivity (Wildman–Crippen MR) is 131 cm³/mol. The maximum Gasteiger partial charge on any atom is 0.408 e. The number of morpholine rings is 1. The first-order chi connectivity index (χ1) is 16.3. The number of benzene rings is 1. The smallest absolute Gasteiger partial charge is 0.408 e. The molecule has 4 rings (SSSR count). The third-order valence-electron chi connectivity index (χ3n) is 5.81. The summed E-state index contributed by atoms with van der Waals surface area (Å²) in [6.07, 6.45) is 2.42. The first-order valence-corrected chi connectivity index (χ1v) is 11.9. The quantitative estimate of drug-likeness (QED) is 0.687. The molecule has 2 saturated heterocycles. The van der Waals surface area contributed by atoms with E-state index in [-0.39, 0.29) is 12.1 Å². The van der Waals surface area contributed by atoms with E-state index in [0.29, 0.717) is 13.2 Å². The van der Waals surface area contributed by atoms with Gasteiger partial charge in [-0.15, -0.1) is 0 Å². The third kappa shape index (κ3) is 6.50. The molecule has 0 radical (unpaired) electrons.